The summed E-state index contributed by atoms with van der Waals surface area (Å²) in [5.41, 5.74) is 3.96. The van der Waals surface area contributed by atoms with Crippen molar-refractivity contribution in [2.24, 2.45) is 0 Å². The van der Waals surface area contributed by atoms with E-state index in [0.29, 0.717) is 0 Å². The number of hydrogen-bond donors (Lipinski definition) is 0. The number of thiophene rings is 1. The van der Waals surface area contributed by atoms with Gasteiger partial charge in [-0.05, 0) is 55.3 Å². The zero-order chi connectivity index (χ0) is 18.3. The molecule has 3 heterocycles. The van der Waals surface area contributed by atoms with Crippen LogP contribution in [-0.2, 0) is 10.5 Å². The molecule has 1 amide bonds. The Morgan fingerprint density at radius 1 is 1.08 bits per heavy atom. The lowest BCUT2D eigenvalue weighted by atomic mass is 10.1. The molecule has 0 N–H and O–H groups in total. The molecule has 0 spiro atoms. The van der Waals surface area contributed by atoms with E-state index < -0.39 is 0 Å². The molecule has 1 saturated heterocycles. The van der Waals surface area contributed by atoms with Crippen molar-refractivity contribution in [1.82, 2.24) is 4.90 Å². The Morgan fingerprint density at radius 3 is 2.46 bits per heavy atom. The topological polar surface area (TPSA) is 23.6 Å². The highest BCUT2D eigenvalue weighted by Crippen LogP contribution is 2.40. The minimum absolute atomic E-state index is 0.181. The Balaban J connectivity index is 1.43. The lowest BCUT2D eigenvalue weighted by molar-refractivity contribution is -0.126. The number of anilines is 1. The van der Waals surface area contributed by atoms with Gasteiger partial charge < -0.3 is 9.80 Å². The van der Waals surface area contributed by atoms with Gasteiger partial charge in [0, 0.05) is 52.4 Å². The van der Waals surface area contributed by atoms with Gasteiger partial charge in [0.25, 0.3) is 5.91 Å². The number of nitrogens with zero attached hydrogens (tertiary/aromatic N) is 2. The van der Waals surface area contributed by atoms with Crippen LogP contribution in [0.4, 0.5) is 5.69 Å². The molecule has 0 saturated carbocycles. The number of hydrogen-bond acceptors (Lipinski definition) is 4. The maximum absolute atomic E-state index is 12.9. The average Bonchev–Trinajstić information content (AvgIpc) is 2.95. The number of carbonyl (C=O) groups is 1. The fourth-order valence-corrected chi connectivity index (χ4v) is 5.95. The molecule has 1 aromatic heterocycles. The number of aryl methyl sites for hydroxylation is 1. The number of fused-ring (bicyclic) bond motifs is 1. The molecular weight excluding hydrogens is 384 g/mol. The minimum Gasteiger partial charge on any atom is -0.368 e. The monoisotopic (exact) mass is 404 g/mol. The summed E-state index contributed by atoms with van der Waals surface area (Å²) < 4.78 is 0. The maximum Gasteiger partial charge on any atom is 0.260 e. The van der Waals surface area contributed by atoms with Crippen LogP contribution in [0.5, 0.6) is 0 Å². The number of halogens is 1. The SMILES string of the molecule is Cc1sc2c(c1C)CSC(C(=O)N1CCN(c3ccc(Cl)cc3)CC1)=C2. The normalized spacial score (nSPS) is 17.1. The van der Waals surface area contributed by atoms with Gasteiger partial charge in [-0.25, -0.2) is 0 Å². The third kappa shape index (κ3) is 3.40. The van der Waals surface area contributed by atoms with E-state index in [1.165, 1.54) is 26.6 Å². The fraction of sp³-hybridized carbons (Fsp3) is 0.350. The number of amides is 1. The van der Waals surface area contributed by atoms with E-state index in [-0.39, 0.29) is 5.91 Å². The molecule has 0 radical (unpaired) electrons. The van der Waals surface area contributed by atoms with E-state index in [1.54, 1.807) is 23.1 Å². The van der Waals surface area contributed by atoms with Crippen LogP contribution in [0.1, 0.15) is 20.9 Å². The second-order valence-electron chi connectivity index (χ2n) is 6.68. The smallest absolute Gasteiger partial charge is 0.260 e. The van der Waals surface area contributed by atoms with Crippen molar-refractivity contribution in [3.8, 4) is 0 Å². The molecule has 6 heteroatoms. The molecule has 0 bridgehead atoms. The molecule has 136 valence electrons. The van der Waals surface area contributed by atoms with Crippen molar-refractivity contribution in [2.75, 3.05) is 31.1 Å². The summed E-state index contributed by atoms with van der Waals surface area (Å²) in [7, 11) is 0. The van der Waals surface area contributed by atoms with Crippen LogP contribution < -0.4 is 4.90 Å². The van der Waals surface area contributed by atoms with Crippen LogP contribution in [0, 0.1) is 13.8 Å². The van der Waals surface area contributed by atoms with E-state index in [1.807, 2.05) is 29.2 Å². The predicted molar refractivity (Wildman–Crippen MR) is 113 cm³/mol. The molecule has 2 aromatic rings. The van der Waals surface area contributed by atoms with E-state index >= 15 is 0 Å². The number of benzene rings is 1. The Bertz CT molecular complexity index is 865. The summed E-state index contributed by atoms with van der Waals surface area (Å²) in [5, 5.41) is 0.752. The molecule has 0 atom stereocenters. The number of piperazine rings is 1. The molecule has 0 unspecified atom stereocenters. The van der Waals surface area contributed by atoms with Gasteiger partial charge in [-0.1, -0.05) is 11.6 Å². The highest BCUT2D eigenvalue weighted by Gasteiger charge is 2.27. The standard InChI is InChI=1S/C20H21ClN2OS2/c1-13-14(2)26-18-11-19(25-12-17(13)18)20(24)23-9-7-22(8-10-23)16-5-3-15(21)4-6-16/h3-6,11H,7-10,12H2,1-2H3. The minimum atomic E-state index is 0.181. The quantitative estimate of drug-likeness (QED) is 0.707. The number of carbonyl (C=O) groups excluding carboxylic acids is 1. The number of rotatable bonds is 2. The van der Waals surface area contributed by atoms with Gasteiger partial charge >= 0.3 is 0 Å². The molecule has 1 fully saturated rings. The van der Waals surface area contributed by atoms with Gasteiger partial charge in [0.05, 0.1) is 4.91 Å². The first-order valence-corrected chi connectivity index (χ1v) is 10.9. The summed E-state index contributed by atoms with van der Waals surface area (Å²) in [5.74, 6) is 1.09. The zero-order valence-corrected chi connectivity index (χ0v) is 17.3. The summed E-state index contributed by atoms with van der Waals surface area (Å²) in [6, 6.07) is 7.92. The van der Waals surface area contributed by atoms with Gasteiger partial charge in [-0.15, -0.1) is 23.1 Å². The summed E-state index contributed by atoms with van der Waals surface area (Å²) in [4.78, 5) is 20.8. The summed E-state index contributed by atoms with van der Waals surface area (Å²) in [6.45, 7) is 7.57. The van der Waals surface area contributed by atoms with Gasteiger partial charge in [0.1, 0.15) is 0 Å². The first kappa shape index (κ1) is 18.0. The Kier molecular flexibility index (Phi) is 5.04. The third-order valence-electron chi connectivity index (χ3n) is 5.14. The van der Waals surface area contributed by atoms with Crippen LogP contribution in [0.3, 0.4) is 0 Å². The van der Waals surface area contributed by atoms with Gasteiger partial charge in [-0.3, -0.25) is 4.79 Å². The van der Waals surface area contributed by atoms with E-state index in [9.17, 15) is 4.79 Å². The molecular formula is C20H21ClN2OS2. The van der Waals surface area contributed by atoms with Crippen LogP contribution in [-0.4, -0.2) is 37.0 Å². The Hall–Kier alpha value is -1.43. The summed E-state index contributed by atoms with van der Waals surface area (Å²) in [6.07, 6.45) is 2.10. The van der Waals surface area contributed by atoms with Crippen molar-refractivity contribution >= 4 is 52.4 Å². The van der Waals surface area contributed by atoms with Gasteiger partial charge in [0.2, 0.25) is 0 Å². The molecule has 2 aliphatic rings. The highest BCUT2D eigenvalue weighted by atomic mass is 35.5. The largest absolute Gasteiger partial charge is 0.368 e. The predicted octanol–water partition coefficient (Wildman–Crippen LogP) is 4.95. The van der Waals surface area contributed by atoms with Crippen molar-refractivity contribution in [1.29, 1.82) is 0 Å². The summed E-state index contributed by atoms with van der Waals surface area (Å²) >= 11 is 9.46. The maximum atomic E-state index is 12.9. The molecule has 2 aliphatic heterocycles. The van der Waals surface area contributed by atoms with Crippen LogP contribution >= 0.6 is 34.7 Å². The van der Waals surface area contributed by atoms with E-state index in [0.717, 1.165) is 41.9 Å². The lowest BCUT2D eigenvalue weighted by Crippen LogP contribution is -2.49. The van der Waals surface area contributed by atoms with Gasteiger partial charge in [0.15, 0.2) is 0 Å². The number of thioether (sulfide) groups is 1. The molecule has 0 aliphatic carbocycles. The van der Waals surface area contributed by atoms with E-state index in [4.69, 9.17) is 11.6 Å². The second kappa shape index (κ2) is 7.29. The third-order valence-corrected chi connectivity index (χ3v) is 7.63. The van der Waals surface area contributed by atoms with Crippen molar-refractivity contribution < 1.29 is 4.79 Å². The van der Waals surface area contributed by atoms with Crippen molar-refractivity contribution in [3.05, 3.63) is 55.1 Å². The van der Waals surface area contributed by atoms with Crippen LogP contribution in [0.2, 0.25) is 5.02 Å². The molecule has 1 aromatic carbocycles. The Labute approximate surface area is 167 Å². The fourth-order valence-electron chi connectivity index (χ4n) is 3.41. The van der Waals surface area contributed by atoms with Crippen LogP contribution in [0.25, 0.3) is 6.08 Å². The first-order chi connectivity index (χ1) is 12.5. The Morgan fingerprint density at radius 2 is 1.77 bits per heavy atom. The zero-order valence-electron chi connectivity index (χ0n) is 14.9. The van der Waals surface area contributed by atoms with Crippen LogP contribution in [0.15, 0.2) is 29.2 Å². The second-order valence-corrected chi connectivity index (χ2v) is 9.39. The highest BCUT2D eigenvalue weighted by molar-refractivity contribution is 8.03. The molecule has 26 heavy (non-hydrogen) atoms. The van der Waals surface area contributed by atoms with E-state index in [2.05, 4.69) is 24.8 Å². The van der Waals surface area contributed by atoms with Crippen molar-refractivity contribution in [3.63, 3.8) is 0 Å². The van der Waals surface area contributed by atoms with Crippen molar-refractivity contribution in [2.45, 2.75) is 19.6 Å². The molecule has 3 nitrogen and oxygen atoms in total. The molecule has 4 rings (SSSR count). The van der Waals surface area contributed by atoms with Gasteiger partial charge in [-0.2, -0.15) is 0 Å². The average molecular weight is 405 g/mol. The lowest BCUT2D eigenvalue weighted by Gasteiger charge is -2.36. The first-order valence-electron chi connectivity index (χ1n) is 8.76.